The van der Waals surface area contributed by atoms with Gasteiger partial charge in [0, 0.05) is 33.6 Å². The van der Waals surface area contributed by atoms with E-state index in [9.17, 15) is 5.11 Å². The number of pyridine rings is 1. The van der Waals surface area contributed by atoms with Crippen LogP contribution in [0.5, 0.6) is 5.75 Å². The molecule has 0 amide bonds. The number of rotatable bonds is 3. The van der Waals surface area contributed by atoms with E-state index >= 15 is 0 Å². The summed E-state index contributed by atoms with van der Waals surface area (Å²) in [6.07, 6.45) is 2.97. The van der Waals surface area contributed by atoms with E-state index in [-0.39, 0.29) is 17.6 Å². The van der Waals surface area contributed by atoms with E-state index in [0.717, 1.165) is 18.4 Å². The molecule has 1 saturated carbocycles. The monoisotopic (exact) mass is 338 g/mol. The number of phenols is 1. The van der Waals surface area contributed by atoms with Gasteiger partial charge in [0.25, 0.3) is 0 Å². The van der Waals surface area contributed by atoms with E-state index in [1.165, 1.54) is 11.2 Å². The zero-order chi connectivity index (χ0) is 20.2. The summed E-state index contributed by atoms with van der Waals surface area (Å²) in [5.41, 5.74) is 9.36. The van der Waals surface area contributed by atoms with Crippen LogP contribution >= 0.6 is 0 Å². The standard InChI is InChI=1S/C19H21N5O/c1-10-4-7-14(25)11(2)16(10)18-17-13(19(20)22-9-21-17)8-15(23-18)24(3)12-5-6-12/h4,7-9,12,25H,5-6H2,1-3H3,(H2,20,21,22)/i3D3. The van der Waals surface area contributed by atoms with Crippen LogP contribution in [0.2, 0.25) is 0 Å². The first kappa shape index (κ1) is 12.5. The number of hydrogen-bond donors (Lipinski definition) is 2. The lowest BCUT2D eigenvalue weighted by molar-refractivity contribution is 0.471. The van der Waals surface area contributed by atoms with Crippen LogP contribution in [0.15, 0.2) is 24.5 Å². The van der Waals surface area contributed by atoms with Gasteiger partial charge in [-0.25, -0.2) is 15.0 Å². The third-order valence-corrected chi connectivity index (χ3v) is 4.68. The number of aryl methyl sites for hydroxylation is 1. The molecule has 1 aromatic carbocycles. The molecule has 0 atom stereocenters. The Balaban J connectivity index is 2.07. The van der Waals surface area contributed by atoms with Gasteiger partial charge >= 0.3 is 0 Å². The minimum atomic E-state index is -2.33. The third-order valence-electron chi connectivity index (χ3n) is 4.68. The predicted octanol–water partition coefficient (Wildman–Crippen LogP) is 3.20. The molecule has 6 heteroatoms. The van der Waals surface area contributed by atoms with Gasteiger partial charge in [-0.2, -0.15) is 0 Å². The second-order valence-corrected chi connectivity index (χ2v) is 6.49. The molecule has 0 aliphatic heterocycles. The van der Waals surface area contributed by atoms with Crippen LogP contribution in [0.1, 0.15) is 28.1 Å². The Kier molecular flexibility index (Phi) is 2.78. The van der Waals surface area contributed by atoms with Crippen molar-refractivity contribution in [1.82, 2.24) is 15.0 Å². The van der Waals surface area contributed by atoms with Crippen LogP contribution in [0.3, 0.4) is 0 Å². The van der Waals surface area contributed by atoms with Crippen LogP contribution in [0.25, 0.3) is 22.2 Å². The topological polar surface area (TPSA) is 88.2 Å². The highest BCUT2D eigenvalue weighted by Crippen LogP contribution is 2.38. The molecule has 3 aromatic rings. The highest BCUT2D eigenvalue weighted by molar-refractivity contribution is 5.99. The van der Waals surface area contributed by atoms with Crippen LogP contribution in [-0.2, 0) is 0 Å². The molecule has 25 heavy (non-hydrogen) atoms. The van der Waals surface area contributed by atoms with E-state index in [2.05, 4.69) is 9.97 Å². The molecule has 6 nitrogen and oxygen atoms in total. The van der Waals surface area contributed by atoms with Crippen LogP contribution in [0, 0.1) is 13.8 Å². The number of benzene rings is 1. The van der Waals surface area contributed by atoms with Crippen molar-refractivity contribution in [2.75, 3.05) is 17.6 Å². The normalized spacial score (nSPS) is 16.3. The number of fused-ring (bicyclic) bond motifs is 1. The van der Waals surface area contributed by atoms with Crippen molar-refractivity contribution in [3.05, 3.63) is 35.7 Å². The average Bonchev–Trinajstić information content (AvgIpc) is 3.43. The van der Waals surface area contributed by atoms with Crippen LogP contribution in [0.4, 0.5) is 11.6 Å². The quantitative estimate of drug-likeness (QED) is 0.762. The number of nitrogens with two attached hydrogens (primary N) is 1. The fourth-order valence-corrected chi connectivity index (χ4v) is 3.09. The van der Waals surface area contributed by atoms with Crippen molar-refractivity contribution in [3.8, 4) is 17.0 Å². The van der Waals surface area contributed by atoms with Gasteiger partial charge in [-0.15, -0.1) is 0 Å². The van der Waals surface area contributed by atoms with Gasteiger partial charge in [0.2, 0.25) is 0 Å². The Morgan fingerprint density at radius 1 is 1.28 bits per heavy atom. The maximum absolute atomic E-state index is 10.2. The highest BCUT2D eigenvalue weighted by Gasteiger charge is 2.28. The summed E-state index contributed by atoms with van der Waals surface area (Å²) < 4.78 is 23.9. The molecule has 0 saturated heterocycles. The van der Waals surface area contributed by atoms with Crippen LogP contribution < -0.4 is 10.6 Å². The summed E-state index contributed by atoms with van der Waals surface area (Å²) in [5.74, 6) is 0.707. The lowest BCUT2D eigenvalue weighted by atomic mass is 9.97. The van der Waals surface area contributed by atoms with Gasteiger partial charge in [-0.3, -0.25) is 0 Å². The zero-order valence-corrected chi connectivity index (χ0v) is 14.1. The first-order chi connectivity index (χ1) is 13.2. The average molecular weight is 338 g/mol. The smallest absolute Gasteiger partial charge is 0.134 e. The number of nitrogens with zero attached hydrogens (tertiary/aromatic N) is 4. The van der Waals surface area contributed by atoms with E-state index in [0.29, 0.717) is 33.5 Å². The van der Waals surface area contributed by atoms with Crippen LogP contribution in [-0.4, -0.2) is 33.1 Å². The summed E-state index contributed by atoms with van der Waals surface area (Å²) in [7, 11) is 0. The Morgan fingerprint density at radius 3 is 2.80 bits per heavy atom. The predicted molar refractivity (Wildman–Crippen MR) is 99.7 cm³/mol. The second-order valence-electron chi connectivity index (χ2n) is 6.49. The fourth-order valence-electron chi connectivity index (χ4n) is 3.09. The number of hydrogen-bond acceptors (Lipinski definition) is 6. The number of anilines is 2. The van der Waals surface area contributed by atoms with Gasteiger partial charge in [-0.05, 0) is 44.4 Å². The maximum Gasteiger partial charge on any atom is 0.134 e. The number of aromatic nitrogens is 3. The van der Waals surface area contributed by atoms with Gasteiger partial charge in [0.15, 0.2) is 0 Å². The molecule has 2 heterocycles. The molecule has 1 fully saturated rings. The van der Waals surface area contributed by atoms with Gasteiger partial charge in [0.1, 0.15) is 29.2 Å². The summed E-state index contributed by atoms with van der Waals surface area (Å²) in [6.45, 7) is 1.38. The summed E-state index contributed by atoms with van der Waals surface area (Å²) >= 11 is 0. The molecule has 0 radical (unpaired) electrons. The fraction of sp³-hybridized carbons (Fsp3) is 0.316. The van der Waals surface area contributed by atoms with Crippen molar-refractivity contribution in [2.24, 2.45) is 0 Å². The molecular weight excluding hydrogens is 314 g/mol. The SMILES string of the molecule is [2H]C([2H])([2H])N(c1cc2c(N)ncnc2c(-c2c(C)ccc(O)c2C)n1)C1CC1. The molecule has 3 N–H and O–H groups in total. The van der Waals surface area contributed by atoms with Crippen molar-refractivity contribution in [2.45, 2.75) is 32.7 Å². The first-order valence-electron chi connectivity index (χ1n) is 9.68. The van der Waals surface area contributed by atoms with Crippen molar-refractivity contribution in [1.29, 1.82) is 0 Å². The Hall–Kier alpha value is -2.89. The Labute approximate surface area is 150 Å². The molecule has 4 rings (SSSR count). The summed E-state index contributed by atoms with van der Waals surface area (Å²) in [4.78, 5) is 14.5. The molecule has 128 valence electrons. The van der Waals surface area contributed by atoms with Crippen molar-refractivity contribution < 1.29 is 9.22 Å². The molecule has 0 unspecified atom stereocenters. The van der Waals surface area contributed by atoms with Gasteiger partial charge < -0.3 is 15.7 Å². The molecular formula is C19H21N5O. The molecule has 2 aromatic heterocycles. The minimum Gasteiger partial charge on any atom is -0.508 e. The zero-order valence-electron chi connectivity index (χ0n) is 17.1. The van der Waals surface area contributed by atoms with E-state index in [1.54, 1.807) is 25.1 Å². The molecule has 1 aliphatic carbocycles. The lowest BCUT2D eigenvalue weighted by Gasteiger charge is -2.20. The van der Waals surface area contributed by atoms with Crippen molar-refractivity contribution >= 4 is 22.5 Å². The Bertz CT molecular complexity index is 1080. The third kappa shape index (κ3) is 2.54. The minimum absolute atomic E-state index is 0.0810. The first-order valence-corrected chi connectivity index (χ1v) is 8.18. The van der Waals surface area contributed by atoms with E-state index < -0.39 is 6.98 Å². The summed E-state index contributed by atoms with van der Waals surface area (Å²) in [5, 5.41) is 10.8. The van der Waals surface area contributed by atoms with E-state index in [1.807, 2.05) is 6.92 Å². The number of phenolic OH excluding ortho intramolecular Hbond substituents is 1. The van der Waals surface area contributed by atoms with E-state index in [4.69, 9.17) is 14.8 Å². The molecule has 0 bridgehead atoms. The van der Waals surface area contributed by atoms with Gasteiger partial charge in [0.05, 0.1) is 5.69 Å². The molecule has 0 spiro atoms. The largest absolute Gasteiger partial charge is 0.508 e. The molecule has 1 aliphatic rings. The number of aromatic hydroxyl groups is 1. The van der Waals surface area contributed by atoms with Gasteiger partial charge in [-0.1, -0.05) is 6.07 Å². The van der Waals surface area contributed by atoms with Crippen molar-refractivity contribution in [3.63, 3.8) is 0 Å². The number of nitrogen functional groups attached to an aromatic ring is 1. The Morgan fingerprint density at radius 2 is 2.08 bits per heavy atom. The summed E-state index contributed by atoms with van der Waals surface area (Å²) in [6, 6.07) is 4.99. The highest BCUT2D eigenvalue weighted by atomic mass is 16.3. The second kappa shape index (κ2) is 5.58. The lowest BCUT2D eigenvalue weighted by Crippen LogP contribution is -2.21. The maximum atomic E-state index is 10.2.